The van der Waals surface area contributed by atoms with Crippen LogP contribution in [0.15, 0.2) is 73.2 Å². The molecule has 6 heterocycles. The van der Waals surface area contributed by atoms with E-state index >= 15 is 0 Å². The molecule has 10 rings (SSSR count). The zero-order valence-electron chi connectivity index (χ0n) is 33.8. The lowest BCUT2D eigenvalue weighted by Crippen LogP contribution is -2.54. The molecular weight excluding hydrogens is 747 g/mol. The van der Waals surface area contributed by atoms with Crippen molar-refractivity contribution in [2.24, 2.45) is 13.0 Å². The first-order chi connectivity index (χ1) is 28.7. The number of rotatable bonds is 13. The highest BCUT2D eigenvalue weighted by Crippen LogP contribution is 2.34. The Morgan fingerprint density at radius 2 is 1.61 bits per heavy atom. The number of anilines is 2. The maximum atomic E-state index is 13.0. The molecule has 5 aliphatic rings. The number of imide groups is 2. The van der Waals surface area contributed by atoms with Crippen molar-refractivity contribution >= 4 is 56.9 Å². The highest BCUT2D eigenvalue weighted by molar-refractivity contribution is 6.23. The lowest BCUT2D eigenvalue weighted by atomic mass is 9.92. The van der Waals surface area contributed by atoms with Gasteiger partial charge in [0.05, 0.1) is 22.7 Å². The molecule has 2 aromatic carbocycles. The predicted molar refractivity (Wildman–Crippen MR) is 225 cm³/mol. The Bertz CT molecular complexity index is 2400. The number of hydrogen-bond donors (Lipinski definition) is 1. The summed E-state index contributed by atoms with van der Waals surface area (Å²) in [4.78, 5) is 63.7. The number of nitrogens with zero attached hydrogens (tertiary/aromatic N) is 6. The molecule has 3 aliphatic heterocycles. The van der Waals surface area contributed by atoms with E-state index in [1.54, 1.807) is 12.1 Å². The van der Waals surface area contributed by atoms with E-state index in [9.17, 15) is 19.2 Å². The van der Waals surface area contributed by atoms with Crippen LogP contribution in [0, 0.1) is 5.92 Å². The Morgan fingerprint density at radius 1 is 0.814 bits per heavy atom. The van der Waals surface area contributed by atoms with E-state index in [0.29, 0.717) is 23.8 Å². The van der Waals surface area contributed by atoms with Gasteiger partial charge in [-0.1, -0.05) is 12.1 Å². The minimum Gasteiger partial charge on any atom is -0.381 e. The van der Waals surface area contributed by atoms with E-state index in [2.05, 4.69) is 75.2 Å². The number of unbranched alkanes of at least 4 members (excludes halogenated alkanes) is 1. The average molecular weight is 798 g/mol. The molecule has 0 spiro atoms. The Hall–Kier alpha value is -5.66. The number of aromatic nitrogens is 3. The van der Waals surface area contributed by atoms with Gasteiger partial charge >= 0.3 is 0 Å². The molecule has 4 amide bonds. The Morgan fingerprint density at radius 3 is 2.36 bits per heavy atom. The highest BCUT2D eigenvalue weighted by Gasteiger charge is 2.45. The molecule has 2 saturated carbocycles. The number of amides is 4. The summed E-state index contributed by atoms with van der Waals surface area (Å²) in [5.41, 5.74) is 6.24. The molecule has 1 N–H and O–H groups in total. The van der Waals surface area contributed by atoms with Crippen LogP contribution in [0.2, 0.25) is 0 Å². The standard InChI is InChI=1S/C24H29N3O6.C22H22N4/c28-21-8-7-20(22(29)25-21)27-23(30)18-6-5-16(11-19(18)24(27)31)26-12-17(13-26)33-10-2-1-9-32-14-15-3-4-15;1-25(17-4-3-5-17)22-9-7-16(13-24-22)15-6-8-18-19-14-23-11-10-20(19)26(2)21(18)12-15/h5-6,11,15,17,20H,1-4,7-10,12-14H2,(H,25,28,29);6-14,17H,3-5H2,1-2H3. The van der Waals surface area contributed by atoms with Crippen molar-refractivity contribution in [2.45, 2.75) is 76.0 Å². The molecule has 3 aromatic heterocycles. The van der Waals surface area contributed by atoms with E-state index in [-0.39, 0.29) is 24.9 Å². The van der Waals surface area contributed by atoms with Crippen LogP contribution in [0.3, 0.4) is 0 Å². The second-order valence-corrected chi connectivity index (χ2v) is 16.6. The molecule has 306 valence electrons. The lowest BCUT2D eigenvalue weighted by Gasteiger charge is -2.40. The summed E-state index contributed by atoms with van der Waals surface area (Å²) in [7, 11) is 4.27. The summed E-state index contributed by atoms with van der Waals surface area (Å²) in [6.45, 7) is 3.88. The molecule has 59 heavy (non-hydrogen) atoms. The van der Waals surface area contributed by atoms with Crippen molar-refractivity contribution in [3.8, 4) is 11.1 Å². The second-order valence-electron chi connectivity index (χ2n) is 16.6. The fourth-order valence-electron chi connectivity index (χ4n) is 8.46. The molecule has 5 aromatic rings. The fraction of sp³-hybridized carbons (Fsp3) is 0.435. The van der Waals surface area contributed by atoms with Crippen molar-refractivity contribution < 1.29 is 28.7 Å². The third kappa shape index (κ3) is 7.93. The minimum absolute atomic E-state index is 0.109. The van der Waals surface area contributed by atoms with Gasteiger partial charge in [-0.3, -0.25) is 34.4 Å². The van der Waals surface area contributed by atoms with Crippen molar-refractivity contribution in [3.63, 3.8) is 0 Å². The summed E-state index contributed by atoms with van der Waals surface area (Å²) in [5, 5.41) is 4.66. The van der Waals surface area contributed by atoms with Gasteiger partial charge in [0.2, 0.25) is 11.8 Å². The van der Waals surface area contributed by atoms with Crippen molar-refractivity contribution in [1.29, 1.82) is 0 Å². The number of carbonyl (C=O) groups excluding carboxylic acids is 4. The molecule has 1 atom stereocenters. The quantitative estimate of drug-likeness (QED) is 0.107. The summed E-state index contributed by atoms with van der Waals surface area (Å²) < 4.78 is 13.8. The maximum absolute atomic E-state index is 13.0. The third-order valence-electron chi connectivity index (χ3n) is 12.6. The molecule has 1 unspecified atom stereocenters. The number of carbonyl (C=O) groups is 4. The van der Waals surface area contributed by atoms with Gasteiger partial charge in [-0.15, -0.1) is 0 Å². The number of aryl methyl sites for hydroxylation is 1. The molecule has 13 nitrogen and oxygen atoms in total. The van der Waals surface area contributed by atoms with Crippen molar-refractivity contribution in [1.82, 2.24) is 24.8 Å². The van der Waals surface area contributed by atoms with E-state index in [4.69, 9.17) is 14.5 Å². The van der Waals surface area contributed by atoms with Crippen LogP contribution in [0.1, 0.15) is 78.5 Å². The van der Waals surface area contributed by atoms with Gasteiger partial charge in [-0.25, -0.2) is 4.98 Å². The predicted octanol–water partition coefficient (Wildman–Crippen LogP) is 6.28. The highest BCUT2D eigenvalue weighted by atomic mass is 16.5. The molecule has 4 fully saturated rings. The summed E-state index contributed by atoms with van der Waals surface area (Å²) in [5.74, 6) is -0.0825. The van der Waals surface area contributed by atoms with Crippen LogP contribution in [0.5, 0.6) is 0 Å². The molecule has 2 saturated heterocycles. The van der Waals surface area contributed by atoms with Gasteiger partial charge in [-0.05, 0) is 105 Å². The Labute approximate surface area is 343 Å². The number of benzene rings is 2. The average Bonchev–Trinajstić information content (AvgIpc) is 3.96. The molecule has 0 bridgehead atoms. The van der Waals surface area contributed by atoms with Gasteiger partial charge in [0.25, 0.3) is 11.8 Å². The van der Waals surface area contributed by atoms with Crippen molar-refractivity contribution in [2.75, 3.05) is 49.8 Å². The molecule has 0 radical (unpaired) electrons. The Balaban J connectivity index is 0.000000156. The number of fused-ring (bicyclic) bond motifs is 4. The smallest absolute Gasteiger partial charge is 0.262 e. The third-order valence-corrected chi connectivity index (χ3v) is 12.6. The number of piperidine rings is 1. The normalized spacial score (nSPS) is 19.4. The van der Waals surface area contributed by atoms with Crippen molar-refractivity contribution in [3.05, 3.63) is 84.3 Å². The first kappa shape index (κ1) is 38.8. The van der Waals surface area contributed by atoms with Crippen LogP contribution in [-0.2, 0) is 26.1 Å². The Kier molecular flexibility index (Phi) is 10.9. The summed E-state index contributed by atoms with van der Waals surface area (Å²) >= 11 is 0. The maximum Gasteiger partial charge on any atom is 0.262 e. The van der Waals surface area contributed by atoms with Crippen LogP contribution >= 0.6 is 0 Å². The molecule has 2 aliphatic carbocycles. The zero-order valence-corrected chi connectivity index (χ0v) is 33.8. The lowest BCUT2D eigenvalue weighted by molar-refractivity contribution is -0.136. The van der Waals surface area contributed by atoms with Gasteiger partial charge in [0, 0.05) is 106 Å². The van der Waals surface area contributed by atoms with Gasteiger partial charge in [0.15, 0.2) is 0 Å². The van der Waals surface area contributed by atoms with E-state index in [1.807, 2.05) is 24.7 Å². The van der Waals surface area contributed by atoms with Gasteiger partial charge in [0.1, 0.15) is 11.9 Å². The fourth-order valence-corrected chi connectivity index (χ4v) is 8.46. The SMILES string of the molecule is CN(c1ccc(-c2ccc3c4cnccc4n(C)c3c2)cn1)C1CCC1.O=C1CCC(N2C(=O)c3ccc(N4CC(OCCCCOCC5CC5)C4)cc3C2=O)C(=O)N1. The van der Waals surface area contributed by atoms with Crippen LogP contribution in [-0.4, -0.2) is 101 Å². The van der Waals surface area contributed by atoms with Crippen LogP contribution in [0.4, 0.5) is 11.5 Å². The van der Waals surface area contributed by atoms with Gasteiger partial charge < -0.3 is 23.8 Å². The summed E-state index contributed by atoms with van der Waals surface area (Å²) in [6.07, 6.45) is 14.7. The summed E-state index contributed by atoms with van der Waals surface area (Å²) in [6, 6.07) is 17.9. The van der Waals surface area contributed by atoms with E-state index in [0.717, 1.165) is 67.0 Å². The minimum atomic E-state index is -0.945. The monoisotopic (exact) mass is 797 g/mol. The first-order valence-electron chi connectivity index (χ1n) is 21.0. The number of nitrogens with one attached hydrogen (secondary N) is 1. The van der Waals surface area contributed by atoms with E-state index in [1.165, 1.54) is 59.5 Å². The first-order valence-corrected chi connectivity index (χ1v) is 21.0. The molecular formula is C46H51N7O6. The largest absolute Gasteiger partial charge is 0.381 e. The zero-order chi connectivity index (χ0) is 40.6. The van der Waals surface area contributed by atoms with Crippen LogP contribution in [0.25, 0.3) is 32.9 Å². The van der Waals surface area contributed by atoms with E-state index < -0.39 is 23.8 Å². The van der Waals surface area contributed by atoms with Crippen LogP contribution < -0.4 is 15.1 Å². The van der Waals surface area contributed by atoms with Gasteiger partial charge in [-0.2, -0.15) is 0 Å². The molecule has 13 heteroatoms. The topological polar surface area (TPSA) is 139 Å². The second kappa shape index (κ2) is 16.5. The number of hydrogen-bond acceptors (Lipinski definition) is 10. The number of pyridine rings is 2. The number of ether oxygens (including phenoxy) is 2.